The van der Waals surface area contributed by atoms with E-state index in [4.69, 9.17) is 5.73 Å². The number of halogens is 1. The topological polar surface area (TPSA) is 51.8 Å². The Morgan fingerprint density at radius 1 is 1.41 bits per heavy atom. The Morgan fingerprint density at radius 3 is 2.94 bits per heavy atom. The van der Waals surface area contributed by atoms with E-state index in [1.165, 1.54) is 10.5 Å². The Balaban J connectivity index is 2.05. The highest BCUT2D eigenvalue weighted by Gasteiger charge is 2.02. The Kier molecular flexibility index (Phi) is 4.02. The first-order valence-electron chi connectivity index (χ1n) is 5.11. The van der Waals surface area contributed by atoms with Crippen molar-refractivity contribution in [3.8, 4) is 0 Å². The SMILES string of the molecule is Cc1cccc(SCc2ncc(Br)c(N)n2)c1. The maximum Gasteiger partial charge on any atom is 0.141 e. The number of aromatic nitrogens is 2. The molecule has 0 spiro atoms. The van der Waals surface area contributed by atoms with Gasteiger partial charge in [-0.3, -0.25) is 0 Å². The zero-order valence-corrected chi connectivity index (χ0v) is 11.8. The molecule has 0 bridgehead atoms. The molecule has 0 aliphatic carbocycles. The molecule has 2 aromatic rings. The summed E-state index contributed by atoms with van der Waals surface area (Å²) in [5, 5.41) is 0. The third-order valence-electron chi connectivity index (χ3n) is 2.18. The van der Waals surface area contributed by atoms with Crippen LogP contribution in [0.1, 0.15) is 11.4 Å². The Hall–Kier alpha value is -1.07. The number of nitrogens with two attached hydrogens (primary N) is 1. The molecule has 0 unspecified atom stereocenters. The van der Waals surface area contributed by atoms with E-state index in [1.807, 2.05) is 0 Å². The van der Waals surface area contributed by atoms with E-state index in [0.717, 1.165) is 16.0 Å². The molecule has 2 N–H and O–H groups in total. The molecule has 0 atom stereocenters. The smallest absolute Gasteiger partial charge is 0.141 e. The van der Waals surface area contributed by atoms with E-state index in [-0.39, 0.29) is 0 Å². The van der Waals surface area contributed by atoms with Gasteiger partial charge in [-0.15, -0.1) is 11.8 Å². The lowest BCUT2D eigenvalue weighted by molar-refractivity contribution is 1.03. The van der Waals surface area contributed by atoms with Crippen LogP contribution in [0.4, 0.5) is 5.82 Å². The average molecular weight is 310 g/mol. The van der Waals surface area contributed by atoms with Gasteiger partial charge in [0.2, 0.25) is 0 Å². The van der Waals surface area contributed by atoms with Gasteiger partial charge in [0.05, 0.1) is 10.2 Å². The van der Waals surface area contributed by atoms with E-state index in [9.17, 15) is 0 Å². The number of hydrogen-bond donors (Lipinski definition) is 1. The molecule has 0 fully saturated rings. The number of nitrogen functional groups attached to an aromatic ring is 1. The molecule has 0 radical (unpaired) electrons. The van der Waals surface area contributed by atoms with Crippen molar-refractivity contribution in [2.75, 3.05) is 5.73 Å². The molecule has 0 saturated heterocycles. The van der Waals surface area contributed by atoms with Gasteiger partial charge in [0, 0.05) is 11.1 Å². The summed E-state index contributed by atoms with van der Waals surface area (Å²) < 4.78 is 0.738. The monoisotopic (exact) mass is 309 g/mol. The van der Waals surface area contributed by atoms with Crippen LogP contribution >= 0.6 is 27.7 Å². The van der Waals surface area contributed by atoms with Crippen molar-refractivity contribution in [2.45, 2.75) is 17.6 Å². The molecule has 0 saturated carbocycles. The second kappa shape index (κ2) is 5.51. The molecule has 1 aromatic heterocycles. The molecular weight excluding hydrogens is 298 g/mol. The number of nitrogens with zero attached hydrogens (tertiary/aromatic N) is 2. The van der Waals surface area contributed by atoms with Crippen molar-refractivity contribution in [2.24, 2.45) is 0 Å². The molecular formula is C12H12BrN3S. The summed E-state index contributed by atoms with van der Waals surface area (Å²) in [4.78, 5) is 9.64. The van der Waals surface area contributed by atoms with Crippen molar-refractivity contribution in [1.82, 2.24) is 9.97 Å². The van der Waals surface area contributed by atoms with Crippen LogP contribution in [0.5, 0.6) is 0 Å². The Morgan fingerprint density at radius 2 is 2.24 bits per heavy atom. The molecule has 0 amide bonds. The molecule has 88 valence electrons. The first-order chi connectivity index (χ1) is 8.15. The standard InChI is InChI=1S/C12H12BrN3S/c1-8-3-2-4-9(5-8)17-7-11-15-6-10(13)12(14)16-11/h2-6H,7H2,1H3,(H2,14,15,16). The number of benzene rings is 1. The van der Waals surface area contributed by atoms with Gasteiger partial charge in [-0.05, 0) is 35.0 Å². The highest BCUT2D eigenvalue weighted by atomic mass is 79.9. The summed E-state index contributed by atoms with van der Waals surface area (Å²) in [7, 11) is 0. The van der Waals surface area contributed by atoms with Gasteiger partial charge in [-0.1, -0.05) is 17.7 Å². The average Bonchev–Trinajstić information content (AvgIpc) is 2.31. The summed E-state index contributed by atoms with van der Waals surface area (Å²) in [6.07, 6.45) is 1.69. The minimum Gasteiger partial charge on any atom is -0.383 e. The maximum atomic E-state index is 5.71. The molecule has 0 aliphatic rings. The highest BCUT2D eigenvalue weighted by molar-refractivity contribution is 9.10. The summed E-state index contributed by atoms with van der Waals surface area (Å²) in [5.74, 6) is 1.96. The van der Waals surface area contributed by atoms with Gasteiger partial charge >= 0.3 is 0 Å². The first-order valence-corrected chi connectivity index (χ1v) is 6.89. The molecule has 3 nitrogen and oxygen atoms in total. The van der Waals surface area contributed by atoms with Crippen LogP contribution in [0.25, 0.3) is 0 Å². The van der Waals surface area contributed by atoms with Gasteiger partial charge in [-0.25, -0.2) is 9.97 Å². The highest BCUT2D eigenvalue weighted by Crippen LogP contribution is 2.23. The minimum absolute atomic E-state index is 0.486. The van der Waals surface area contributed by atoms with E-state index < -0.39 is 0 Å². The third kappa shape index (κ3) is 3.44. The van der Waals surface area contributed by atoms with Gasteiger partial charge in [0.1, 0.15) is 11.6 Å². The van der Waals surface area contributed by atoms with Crippen molar-refractivity contribution in [3.05, 3.63) is 46.3 Å². The predicted molar refractivity (Wildman–Crippen MR) is 74.9 cm³/mol. The van der Waals surface area contributed by atoms with Crippen molar-refractivity contribution in [1.29, 1.82) is 0 Å². The molecule has 1 aromatic carbocycles. The Bertz CT molecular complexity index is 531. The van der Waals surface area contributed by atoms with Crippen LogP contribution < -0.4 is 5.73 Å². The van der Waals surface area contributed by atoms with Crippen molar-refractivity contribution < 1.29 is 0 Å². The van der Waals surface area contributed by atoms with E-state index >= 15 is 0 Å². The quantitative estimate of drug-likeness (QED) is 0.883. The fraction of sp³-hybridized carbons (Fsp3) is 0.167. The number of aryl methyl sites for hydroxylation is 1. The molecule has 1 heterocycles. The first kappa shape index (κ1) is 12.4. The van der Waals surface area contributed by atoms with Gasteiger partial charge in [-0.2, -0.15) is 0 Å². The molecule has 5 heteroatoms. The number of hydrogen-bond acceptors (Lipinski definition) is 4. The van der Waals surface area contributed by atoms with E-state index in [1.54, 1.807) is 18.0 Å². The molecule has 0 aliphatic heterocycles. The zero-order valence-electron chi connectivity index (χ0n) is 9.35. The summed E-state index contributed by atoms with van der Waals surface area (Å²) in [6.45, 7) is 2.08. The lowest BCUT2D eigenvalue weighted by Gasteiger charge is -2.03. The van der Waals surface area contributed by atoms with Gasteiger partial charge in [0.25, 0.3) is 0 Å². The van der Waals surface area contributed by atoms with Crippen LogP contribution in [0.3, 0.4) is 0 Å². The second-order valence-electron chi connectivity index (χ2n) is 3.62. The normalized spacial score (nSPS) is 10.5. The van der Waals surface area contributed by atoms with Crippen LogP contribution in [-0.2, 0) is 5.75 Å². The Labute approximate surface area is 113 Å². The summed E-state index contributed by atoms with van der Waals surface area (Å²) in [5.41, 5.74) is 6.96. The van der Waals surface area contributed by atoms with Crippen LogP contribution in [0, 0.1) is 6.92 Å². The number of thioether (sulfide) groups is 1. The van der Waals surface area contributed by atoms with Crippen LogP contribution in [0.15, 0.2) is 39.8 Å². The van der Waals surface area contributed by atoms with Crippen molar-refractivity contribution in [3.63, 3.8) is 0 Å². The molecule has 2 rings (SSSR count). The summed E-state index contributed by atoms with van der Waals surface area (Å²) >= 11 is 4.98. The minimum atomic E-state index is 0.486. The largest absolute Gasteiger partial charge is 0.383 e. The molecule has 17 heavy (non-hydrogen) atoms. The lowest BCUT2D eigenvalue weighted by atomic mass is 10.2. The number of rotatable bonds is 3. The number of anilines is 1. The lowest BCUT2D eigenvalue weighted by Crippen LogP contribution is -1.98. The maximum absolute atomic E-state index is 5.71. The van der Waals surface area contributed by atoms with E-state index in [2.05, 4.69) is 57.1 Å². The van der Waals surface area contributed by atoms with Gasteiger partial charge in [0.15, 0.2) is 0 Å². The summed E-state index contributed by atoms with van der Waals surface area (Å²) in [6, 6.07) is 8.36. The predicted octanol–water partition coefficient (Wildman–Crippen LogP) is 3.42. The van der Waals surface area contributed by atoms with Crippen molar-refractivity contribution >= 4 is 33.5 Å². The van der Waals surface area contributed by atoms with Crippen LogP contribution in [0.2, 0.25) is 0 Å². The van der Waals surface area contributed by atoms with Gasteiger partial charge < -0.3 is 5.73 Å². The van der Waals surface area contributed by atoms with E-state index in [0.29, 0.717) is 5.82 Å². The fourth-order valence-corrected chi connectivity index (χ4v) is 2.41. The zero-order chi connectivity index (χ0) is 12.3. The van der Waals surface area contributed by atoms with Crippen LogP contribution in [-0.4, -0.2) is 9.97 Å². The second-order valence-corrected chi connectivity index (χ2v) is 5.53. The third-order valence-corrected chi connectivity index (χ3v) is 3.78. The fourth-order valence-electron chi connectivity index (χ4n) is 1.34.